The van der Waals surface area contributed by atoms with Gasteiger partial charge in [-0.3, -0.25) is 9.59 Å². The van der Waals surface area contributed by atoms with Crippen molar-refractivity contribution in [2.75, 3.05) is 0 Å². The third-order valence-electron chi connectivity index (χ3n) is 12.5. The van der Waals surface area contributed by atoms with Crippen molar-refractivity contribution in [1.29, 1.82) is 0 Å². The maximum absolute atomic E-state index is 12.9. The van der Waals surface area contributed by atoms with Gasteiger partial charge in [-0.25, -0.2) is 0 Å². The Bertz CT molecular complexity index is 1020. The number of aliphatic hydroxyl groups is 1. The van der Waals surface area contributed by atoms with Crippen molar-refractivity contribution in [3.63, 3.8) is 0 Å². The van der Waals surface area contributed by atoms with Crippen LogP contribution in [0.1, 0.15) is 114 Å². The minimum atomic E-state index is -0.389. The molecule has 4 fully saturated rings. The molecule has 37 heavy (non-hydrogen) atoms. The highest BCUT2D eigenvalue weighted by molar-refractivity contribution is 5.85. The molecule has 5 rings (SSSR count). The van der Waals surface area contributed by atoms with Crippen LogP contribution in [-0.2, 0) is 19.1 Å². The number of hydrogen-bond donors (Lipinski definition) is 1. The third kappa shape index (κ3) is 3.84. The van der Waals surface area contributed by atoms with Gasteiger partial charge < -0.3 is 14.6 Å². The largest absolute Gasteiger partial charge is 0.460 e. The summed E-state index contributed by atoms with van der Waals surface area (Å²) in [6.45, 7) is 19.5. The number of ketones is 1. The molecule has 0 bridgehead atoms. The lowest BCUT2D eigenvalue weighted by atomic mass is 9.36. The second-order valence-corrected chi connectivity index (χ2v) is 15.2. The number of rotatable bonds is 5. The maximum atomic E-state index is 12.9. The maximum Gasteiger partial charge on any atom is 0.302 e. The Morgan fingerprint density at radius 2 is 1.73 bits per heavy atom. The number of epoxide rings is 1. The first-order chi connectivity index (χ1) is 17.0. The van der Waals surface area contributed by atoms with Gasteiger partial charge in [0.25, 0.3) is 0 Å². The third-order valence-corrected chi connectivity index (χ3v) is 12.5. The molecule has 5 nitrogen and oxygen atoms in total. The molecule has 1 N–H and O–H groups in total. The Hall–Kier alpha value is -1.20. The molecule has 1 aliphatic heterocycles. The summed E-state index contributed by atoms with van der Waals surface area (Å²) in [5.74, 6) is 0.947. The van der Waals surface area contributed by atoms with Gasteiger partial charge in [0.15, 0.2) is 0 Å². The van der Waals surface area contributed by atoms with Crippen molar-refractivity contribution in [3.05, 3.63) is 11.1 Å². The van der Waals surface area contributed by atoms with Crippen molar-refractivity contribution in [2.45, 2.75) is 138 Å². The van der Waals surface area contributed by atoms with Gasteiger partial charge in [-0.05, 0) is 92.8 Å². The molecule has 0 aromatic carbocycles. The molecule has 3 saturated carbocycles. The number of esters is 1. The first-order valence-electron chi connectivity index (χ1n) is 14.8. The predicted molar refractivity (Wildman–Crippen MR) is 144 cm³/mol. The van der Waals surface area contributed by atoms with Gasteiger partial charge in [-0.15, -0.1) is 0 Å². The molecule has 0 aromatic heterocycles. The second kappa shape index (κ2) is 8.40. The van der Waals surface area contributed by atoms with E-state index >= 15 is 0 Å². The Morgan fingerprint density at radius 1 is 1.08 bits per heavy atom. The second-order valence-electron chi connectivity index (χ2n) is 15.2. The van der Waals surface area contributed by atoms with Crippen LogP contribution in [0, 0.1) is 39.4 Å². The van der Waals surface area contributed by atoms with Crippen molar-refractivity contribution >= 4 is 11.8 Å². The minimum Gasteiger partial charge on any atom is -0.460 e. The van der Waals surface area contributed by atoms with Gasteiger partial charge in [-0.1, -0.05) is 52.7 Å². The van der Waals surface area contributed by atoms with E-state index in [9.17, 15) is 14.7 Å². The Morgan fingerprint density at radius 3 is 2.32 bits per heavy atom. The number of aliphatic hydroxyl groups excluding tert-OH is 1. The molecule has 0 radical (unpaired) electrons. The van der Waals surface area contributed by atoms with E-state index in [-0.39, 0.29) is 63.4 Å². The Balaban J connectivity index is 1.46. The van der Waals surface area contributed by atoms with Crippen LogP contribution in [0.3, 0.4) is 0 Å². The number of carbonyl (C=O) groups is 2. The summed E-state index contributed by atoms with van der Waals surface area (Å²) >= 11 is 0. The summed E-state index contributed by atoms with van der Waals surface area (Å²) in [6, 6.07) is 0. The van der Waals surface area contributed by atoms with Crippen LogP contribution >= 0.6 is 0 Å². The van der Waals surface area contributed by atoms with Crippen LogP contribution < -0.4 is 0 Å². The molecule has 0 spiro atoms. The smallest absolute Gasteiger partial charge is 0.302 e. The summed E-state index contributed by atoms with van der Waals surface area (Å²) in [6.07, 6.45) is 6.64. The zero-order valence-corrected chi connectivity index (χ0v) is 24.7. The summed E-state index contributed by atoms with van der Waals surface area (Å²) in [5.41, 5.74) is 2.41. The predicted octanol–water partition coefficient (Wildman–Crippen LogP) is 6.41. The highest BCUT2D eigenvalue weighted by atomic mass is 16.6. The number of fused-ring (bicyclic) bond motifs is 5. The van der Waals surface area contributed by atoms with E-state index in [0.717, 1.165) is 44.9 Å². The number of allylic oxidation sites excluding steroid dienone is 1. The van der Waals surface area contributed by atoms with Crippen LogP contribution in [-0.4, -0.2) is 40.8 Å². The van der Waals surface area contributed by atoms with Gasteiger partial charge >= 0.3 is 5.97 Å². The molecule has 208 valence electrons. The standard InChI is InChI=1S/C32H50O5/c1-18(16-23(36-19(2)33)27-29(5,6)37-27)20-10-14-31(8)21(20)17-22(34)26-30(7)13-12-25(35)28(3,4)24(30)11-15-32(26,31)9/h18,22-24,26-27,34H,10-17H2,1-9H3/t18?,22?,23?,24-,26+,27+,30-,31-,32-/m0/s1. The molecule has 1 heterocycles. The summed E-state index contributed by atoms with van der Waals surface area (Å²) < 4.78 is 11.7. The van der Waals surface area contributed by atoms with E-state index in [1.54, 1.807) is 0 Å². The van der Waals surface area contributed by atoms with Gasteiger partial charge in [0, 0.05) is 18.8 Å². The number of carbonyl (C=O) groups excluding carboxylic acids is 2. The van der Waals surface area contributed by atoms with Crippen molar-refractivity contribution < 1.29 is 24.2 Å². The van der Waals surface area contributed by atoms with Crippen LogP contribution in [0.25, 0.3) is 0 Å². The van der Waals surface area contributed by atoms with E-state index in [2.05, 4.69) is 55.4 Å². The van der Waals surface area contributed by atoms with Crippen molar-refractivity contribution in [2.24, 2.45) is 39.4 Å². The molecule has 9 atom stereocenters. The molecule has 1 saturated heterocycles. The van der Waals surface area contributed by atoms with Gasteiger partial charge in [0.2, 0.25) is 0 Å². The summed E-state index contributed by atoms with van der Waals surface area (Å²) in [7, 11) is 0. The van der Waals surface area contributed by atoms with Crippen LogP contribution in [0.5, 0.6) is 0 Å². The quantitative estimate of drug-likeness (QED) is 0.261. The van der Waals surface area contributed by atoms with Crippen molar-refractivity contribution in [1.82, 2.24) is 0 Å². The lowest BCUT2D eigenvalue weighted by molar-refractivity contribution is -0.208. The van der Waals surface area contributed by atoms with Gasteiger partial charge in [0.05, 0.1) is 11.7 Å². The Labute approximate surface area is 224 Å². The number of ether oxygens (including phenoxy) is 2. The minimum absolute atomic E-state index is 0.0000676. The average molecular weight is 515 g/mol. The Kier molecular flexibility index (Phi) is 6.21. The molecule has 5 aliphatic rings. The van der Waals surface area contributed by atoms with E-state index < -0.39 is 0 Å². The molecular formula is C32H50O5. The summed E-state index contributed by atoms with van der Waals surface area (Å²) in [5, 5.41) is 11.9. The molecule has 4 aliphatic carbocycles. The molecule has 0 aromatic rings. The SMILES string of the molecule is CC(=O)OC(CC(C)C1=C2CC(O)[C@@H]3[C@@]4(C)CCC(=O)C(C)(C)[C@@H]4CC[C@]3(C)[C@@]2(C)CC1)[C@H]1OC1(C)C. The van der Waals surface area contributed by atoms with Gasteiger partial charge in [0.1, 0.15) is 18.0 Å². The van der Waals surface area contributed by atoms with Crippen LogP contribution in [0.15, 0.2) is 11.1 Å². The van der Waals surface area contributed by atoms with E-state index in [1.165, 1.54) is 18.1 Å². The number of hydrogen-bond acceptors (Lipinski definition) is 5. The first-order valence-corrected chi connectivity index (χ1v) is 14.8. The molecular weight excluding hydrogens is 464 g/mol. The fourth-order valence-corrected chi connectivity index (χ4v) is 10.4. The highest BCUT2D eigenvalue weighted by Crippen LogP contribution is 2.74. The fourth-order valence-electron chi connectivity index (χ4n) is 10.4. The topological polar surface area (TPSA) is 76.1 Å². The lowest BCUT2D eigenvalue weighted by Crippen LogP contribution is -2.65. The van der Waals surface area contributed by atoms with Crippen LogP contribution in [0.2, 0.25) is 0 Å². The monoisotopic (exact) mass is 514 g/mol. The first kappa shape index (κ1) is 27.4. The summed E-state index contributed by atoms with van der Waals surface area (Å²) in [4.78, 5) is 24.8. The fraction of sp³-hybridized carbons (Fsp3) is 0.875. The van der Waals surface area contributed by atoms with Gasteiger partial charge in [-0.2, -0.15) is 0 Å². The average Bonchev–Trinajstić information content (AvgIpc) is 3.27. The van der Waals surface area contributed by atoms with Crippen molar-refractivity contribution in [3.8, 4) is 0 Å². The number of Topliss-reactive ketones (excluding diaryl/α,β-unsaturated/α-hetero) is 1. The van der Waals surface area contributed by atoms with E-state index in [0.29, 0.717) is 18.1 Å². The van der Waals surface area contributed by atoms with E-state index in [4.69, 9.17) is 9.47 Å². The molecule has 0 amide bonds. The zero-order valence-electron chi connectivity index (χ0n) is 24.7. The zero-order chi connectivity index (χ0) is 27.3. The molecule has 3 unspecified atom stereocenters. The normalized spacial score (nSPS) is 45.4. The van der Waals surface area contributed by atoms with Crippen LogP contribution in [0.4, 0.5) is 0 Å². The highest BCUT2D eigenvalue weighted by Gasteiger charge is 2.69. The molecule has 5 heteroatoms. The van der Waals surface area contributed by atoms with E-state index in [1.807, 2.05) is 0 Å². The lowest BCUT2D eigenvalue weighted by Gasteiger charge is -2.69.